The van der Waals surface area contributed by atoms with E-state index in [-0.39, 0.29) is 11.8 Å². The molecule has 0 aliphatic heterocycles. The summed E-state index contributed by atoms with van der Waals surface area (Å²) >= 11 is 0. The van der Waals surface area contributed by atoms with Crippen molar-refractivity contribution in [2.24, 2.45) is 11.7 Å². The van der Waals surface area contributed by atoms with Gasteiger partial charge in [0.15, 0.2) is 0 Å². The van der Waals surface area contributed by atoms with Gasteiger partial charge in [0.1, 0.15) is 6.04 Å². The lowest BCUT2D eigenvalue weighted by Gasteiger charge is -2.19. The van der Waals surface area contributed by atoms with E-state index in [1.54, 1.807) is 12.1 Å². The molecule has 1 aromatic heterocycles. The van der Waals surface area contributed by atoms with Crippen molar-refractivity contribution in [3.8, 4) is 5.88 Å². The largest absolute Gasteiger partial charge is 0.481 e. The maximum absolute atomic E-state index is 12.1. The van der Waals surface area contributed by atoms with Crippen LogP contribution in [0.3, 0.4) is 0 Å². The summed E-state index contributed by atoms with van der Waals surface area (Å²) in [5.74, 6) is 0.369. The molecule has 0 saturated carbocycles. The fraction of sp³-hybridized carbons (Fsp3) is 0.462. The molecular formula is C13H20N4O3. The average Bonchev–Trinajstić information content (AvgIpc) is 2.37. The van der Waals surface area contributed by atoms with Gasteiger partial charge < -0.3 is 21.1 Å². The number of carbonyl (C=O) groups is 2. The predicted molar refractivity (Wildman–Crippen MR) is 75.4 cm³/mol. The van der Waals surface area contributed by atoms with Crippen molar-refractivity contribution in [1.29, 1.82) is 0 Å². The van der Waals surface area contributed by atoms with Crippen LogP contribution in [-0.4, -0.2) is 30.1 Å². The number of urea groups is 1. The zero-order chi connectivity index (χ0) is 15.1. The van der Waals surface area contributed by atoms with E-state index in [1.807, 2.05) is 13.8 Å². The van der Waals surface area contributed by atoms with E-state index < -0.39 is 12.1 Å². The quantitative estimate of drug-likeness (QED) is 0.725. The molecule has 1 aromatic rings. The third kappa shape index (κ3) is 5.13. The van der Waals surface area contributed by atoms with Crippen molar-refractivity contribution >= 4 is 17.6 Å². The monoisotopic (exact) mass is 280 g/mol. The van der Waals surface area contributed by atoms with Crippen molar-refractivity contribution in [1.82, 2.24) is 10.3 Å². The number of aromatic nitrogens is 1. The van der Waals surface area contributed by atoms with Crippen LogP contribution in [0.15, 0.2) is 18.3 Å². The van der Waals surface area contributed by atoms with Gasteiger partial charge >= 0.3 is 6.03 Å². The Morgan fingerprint density at radius 3 is 2.55 bits per heavy atom. The van der Waals surface area contributed by atoms with Gasteiger partial charge in [0.25, 0.3) is 0 Å². The summed E-state index contributed by atoms with van der Waals surface area (Å²) in [5.41, 5.74) is 5.60. The Morgan fingerprint density at radius 2 is 2.10 bits per heavy atom. The Morgan fingerprint density at radius 1 is 1.40 bits per heavy atom. The molecule has 0 bridgehead atoms. The molecule has 20 heavy (non-hydrogen) atoms. The Balaban J connectivity index is 2.70. The second-order valence-corrected chi connectivity index (χ2v) is 4.77. The molecule has 110 valence electrons. The van der Waals surface area contributed by atoms with Crippen LogP contribution in [0.2, 0.25) is 0 Å². The minimum atomic E-state index is -0.723. The highest BCUT2D eigenvalue weighted by Gasteiger charge is 2.21. The molecule has 0 aliphatic carbocycles. The third-order valence-corrected chi connectivity index (χ3v) is 2.55. The van der Waals surface area contributed by atoms with E-state index in [2.05, 4.69) is 15.6 Å². The fourth-order valence-electron chi connectivity index (χ4n) is 1.68. The molecule has 3 amide bonds. The Bertz CT molecular complexity index is 459. The Labute approximate surface area is 117 Å². The van der Waals surface area contributed by atoms with Gasteiger partial charge in [0.2, 0.25) is 11.8 Å². The summed E-state index contributed by atoms with van der Waals surface area (Å²) in [7, 11) is 1.51. The van der Waals surface area contributed by atoms with Gasteiger partial charge in [-0.3, -0.25) is 4.79 Å². The summed E-state index contributed by atoms with van der Waals surface area (Å²) in [6.07, 6.45) is 1.98. The number of ether oxygens (including phenoxy) is 1. The van der Waals surface area contributed by atoms with Crippen LogP contribution >= 0.6 is 0 Å². The lowest BCUT2D eigenvalue weighted by Crippen LogP contribution is -2.46. The third-order valence-electron chi connectivity index (χ3n) is 2.55. The number of hydrogen-bond acceptors (Lipinski definition) is 4. The minimum absolute atomic E-state index is 0.242. The van der Waals surface area contributed by atoms with E-state index in [4.69, 9.17) is 10.5 Å². The number of primary amides is 1. The summed E-state index contributed by atoms with van der Waals surface area (Å²) in [6, 6.07) is 1.91. The SMILES string of the molecule is COc1ccc(NC(=O)[C@@H](CC(C)C)NC(N)=O)cn1. The number of methoxy groups -OCH3 is 1. The summed E-state index contributed by atoms with van der Waals surface area (Å²) in [4.78, 5) is 27.0. The second-order valence-electron chi connectivity index (χ2n) is 4.77. The number of carbonyl (C=O) groups excluding carboxylic acids is 2. The van der Waals surface area contributed by atoms with Crippen LogP contribution in [0.25, 0.3) is 0 Å². The van der Waals surface area contributed by atoms with Gasteiger partial charge in [-0.1, -0.05) is 13.8 Å². The number of nitrogens with zero attached hydrogens (tertiary/aromatic N) is 1. The summed E-state index contributed by atoms with van der Waals surface area (Å²) < 4.78 is 4.93. The number of pyridine rings is 1. The average molecular weight is 280 g/mol. The molecule has 0 unspecified atom stereocenters. The molecule has 7 nitrogen and oxygen atoms in total. The maximum Gasteiger partial charge on any atom is 0.312 e. The molecule has 1 atom stereocenters. The molecule has 0 saturated heterocycles. The maximum atomic E-state index is 12.1. The number of amides is 3. The molecule has 0 fully saturated rings. The molecule has 4 N–H and O–H groups in total. The fourth-order valence-corrected chi connectivity index (χ4v) is 1.68. The molecule has 0 spiro atoms. The van der Waals surface area contributed by atoms with Gasteiger partial charge in [-0.15, -0.1) is 0 Å². The molecular weight excluding hydrogens is 260 g/mol. The Kier molecular flexibility index (Phi) is 5.76. The van der Waals surface area contributed by atoms with Crippen LogP contribution in [-0.2, 0) is 4.79 Å². The molecule has 0 radical (unpaired) electrons. The standard InChI is InChI=1S/C13H20N4O3/c1-8(2)6-10(17-13(14)19)12(18)16-9-4-5-11(20-3)15-7-9/h4-5,7-8,10H,6H2,1-3H3,(H,16,18)(H3,14,17,19)/t10-/m1/s1. The molecule has 1 heterocycles. The second kappa shape index (κ2) is 7.32. The molecule has 1 rings (SSSR count). The lowest BCUT2D eigenvalue weighted by atomic mass is 10.0. The van der Waals surface area contributed by atoms with E-state index in [9.17, 15) is 9.59 Å². The first-order valence-electron chi connectivity index (χ1n) is 6.29. The first kappa shape index (κ1) is 15.7. The van der Waals surface area contributed by atoms with E-state index in [0.717, 1.165) is 0 Å². The van der Waals surface area contributed by atoms with E-state index in [1.165, 1.54) is 13.3 Å². The van der Waals surface area contributed by atoms with Gasteiger partial charge in [-0.25, -0.2) is 9.78 Å². The highest BCUT2D eigenvalue weighted by Crippen LogP contribution is 2.12. The minimum Gasteiger partial charge on any atom is -0.481 e. The van der Waals surface area contributed by atoms with Gasteiger partial charge in [-0.2, -0.15) is 0 Å². The van der Waals surface area contributed by atoms with Crippen LogP contribution < -0.4 is 21.1 Å². The van der Waals surface area contributed by atoms with Gasteiger partial charge in [0.05, 0.1) is 19.0 Å². The Hall–Kier alpha value is -2.31. The number of anilines is 1. The number of nitrogens with one attached hydrogen (secondary N) is 2. The molecule has 7 heteroatoms. The molecule has 0 aliphatic rings. The number of hydrogen-bond donors (Lipinski definition) is 3. The summed E-state index contributed by atoms with van der Waals surface area (Å²) in [5, 5.41) is 5.11. The lowest BCUT2D eigenvalue weighted by molar-refractivity contribution is -0.118. The first-order valence-corrected chi connectivity index (χ1v) is 6.29. The van der Waals surface area contributed by atoms with Gasteiger partial charge in [-0.05, 0) is 18.4 Å². The van der Waals surface area contributed by atoms with E-state index >= 15 is 0 Å². The topological polar surface area (TPSA) is 106 Å². The smallest absolute Gasteiger partial charge is 0.312 e. The normalized spacial score (nSPS) is 11.8. The van der Waals surface area contributed by atoms with Crippen molar-refractivity contribution in [2.45, 2.75) is 26.3 Å². The predicted octanol–water partition coefficient (Wildman–Crippen LogP) is 1.11. The van der Waals surface area contributed by atoms with Crippen molar-refractivity contribution in [3.05, 3.63) is 18.3 Å². The van der Waals surface area contributed by atoms with Crippen LogP contribution in [0.4, 0.5) is 10.5 Å². The van der Waals surface area contributed by atoms with Crippen molar-refractivity contribution < 1.29 is 14.3 Å². The van der Waals surface area contributed by atoms with Crippen LogP contribution in [0.1, 0.15) is 20.3 Å². The zero-order valence-corrected chi connectivity index (χ0v) is 11.8. The first-order chi connectivity index (χ1) is 9.42. The van der Waals surface area contributed by atoms with Crippen LogP contribution in [0, 0.1) is 5.92 Å². The van der Waals surface area contributed by atoms with Crippen molar-refractivity contribution in [2.75, 3.05) is 12.4 Å². The van der Waals surface area contributed by atoms with Crippen molar-refractivity contribution in [3.63, 3.8) is 0 Å². The highest BCUT2D eigenvalue weighted by molar-refractivity contribution is 5.96. The zero-order valence-electron chi connectivity index (χ0n) is 11.8. The number of rotatable bonds is 6. The summed E-state index contributed by atoms with van der Waals surface area (Å²) in [6.45, 7) is 3.91. The highest BCUT2D eigenvalue weighted by atomic mass is 16.5. The van der Waals surface area contributed by atoms with Gasteiger partial charge in [0, 0.05) is 6.07 Å². The van der Waals surface area contributed by atoms with E-state index in [0.29, 0.717) is 18.0 Å². The number of nitrogens with two attached hydrogens (primary N) is 1. The molecule has 0 aromatic carbocycles. The van der Waals surface area contributed by atoms with Crippen LogP contribution in [0.5, 0.6) is 5.88 Å².